The number of carbonyl (C=O) groups excluding carboxylic acids is 3. The molecule has 0 radical (unpaired) electrons. The number of Topliss-reactive ketones (excluding diaryl/α,β-unsaturated/α-hetero) is 1. The molecule has 0 atom stereocenters. The molecule has 5 nitrogen and oxygen atoms in total. The molecular formula is C15H20O5. The fourth-order valence-corrected chi connectivity index (χ4v) is 1.92. The molecular weight excluding hydrogens is 260 g/mol. The van der Waals surface area contributed by atoms with E-state index in [1.165, 1.54) is 6.08 Å². The van der Waals surface area contributed by atoms with E-state index in [-0.39, 0.29) is 5.41 Å². The van der Waals surface area contributed by atoms with Crippen molar-refractivity contribution in [3.63, 3.8) is 0 Å². The van der Waals surface area contributed by atoms with E-state index < -0.39 is 23.5 Å². The smallest absolute Gasteiger partial charge is 0.341 e. The number of hydrogen-bond donors (Lipinski definition) is 0. The first-order valence-electron chi connectivity index (χ1n) is 6.33. The van der Waals surface area contributed by atoms with E-state index in [0.717, 1.165) is 19.4 Å². The maximum Gasteiger partial charge on any atom is 0.341 e. The minimum absolute atomic E-state index is 0.284. The molecule has 0 heterocycles. The molecule has 0 bridgehead atoms. The number of ketones is 1. The van der Waals surface area contributed by atoms with Crippen molar-refractivity contribution in [3.05, 3.63) is 23.3 Å². The Kier molecular flexibility index (Phi) is 4.22. The highest BCUT2D eigenvalue weighted by atomic mass is 16.7. The van der Waals surface area contributed by atoms with Crippen LogP contribution in [0.15, 0.2) is 23.3 Å². The first-order chi connectivity index (χ1) is 8.98. The van der Waals surface area contributed by atoms with Crippen molar-refractivity contribution in [2.45, 2.75) is 47.3 Å². The molecule has 0 spiro atoms. The third-order valence-corrected chi connectivity index (χ3v) is 2.85. The van der Waals surface area contributed by atoms with Crippen molar-refractivity contribution in [2.75, 3.05) is 0 Å². The number of carbonyl (C=O) groups is 3. The first-order valence-corrected chi connectivity index (χ1v) is 6.33. The monoisotopic (exact) mass is 280 g/mol. The molecule has 20 heavy (non-hydrogen) atoms. The van der Waals surface area contributed by atoms with Crippen LogP contribution in [0.3, 0.4) is 0 Å². The molecule has 0 saturated heterocycles. The lowest BCUT2D eigenvalue weighted by molar-refractivity contribution is -0.208. The van der Waals surface area contributed by atoms with Crippen molar-refractivity contribution in [2.24, 2.45) is 5.41 Å². The van der Waals surface area contributed by atoms with Crippen molar-refractivity contribution in [1.82, 2.24) is 0 Å². The van der Waals surface area contributed by atoms with Crippen LogP contribution in [0, 0.1) is 5.41 Å². The third kappa shape index (κ3) is 3.35. The number of allylic oxidation sites excluding steroid dienone is 2. The van der Waals surface area contributed by atoms with Crippen molar-refractivity contribution in [1.29, 1.82) is 0 Å². The quantitative estimate of drug-likeness (QED) is 0.573. The summed E-state index contributed by atoms with van der Waals surface area (Å²) < 4.78 is 10.1. The van der Waals surface area contributed by atoms with Gasteiger partial charge in [-0.3, -0.25) is 14.4 Å². The molecule has 0 unspecified atom stereocenters. The summed E-state index contributed by atoms with van der Waals surface area (Å²) in [5, 5.41) is 0. The van der Waals surface area contributed by atoms with Gasteiger partial charge in [0.15, 0.2) is 0 Å². The Balaban J connectivity index is 3.43. The fourth-order valence-electron chi connectivity index (χ4n) is 1.92. The van der Waals surface area contributed by atoms with Gasteiger partial charge in [0.1, 0.15) is 0 Å². The van der Waals surface area contributed by atoms with E-state index in [4.69, 9.17) is 9.47 Å². The molecule has 1 aliphatic rings. The van der Waals surface area contributed by atoms with Gasteiger partial charge in [-0.2, -0.15) is 0 Å². The molecule has 0 amide bonds. The van der Waals surface area contributed by atoms with Gasteiger partial charge >= 0.3 is 17.7 Å². The van der Waals surface area contributed by atoms with E-state index in [9.17, 15) is 14.4 Å². The van der Waals surface area contributed by atoms with Gasteiger partial charge in [0.05, 0.1) is 0 Å². The second-order valence-corrected chi connectivity index (χ2v) is 5.86. The Hall–Kier alpha value is -1.91. The largest absolute Gasteiger partial charge is 0.411 e. The molecule has 0 N–H and O–H groups in total. The van der Waals surface area contributed by atoms with Gasteiger partial charge in [-0.25, -0.2) is 0 Å². The fraction of sp³-hybridized carbons (Fsp3) is 0.533. The van der Waals surface area contributed by atoms with Crippen LogP contribution < -0.4 is 0 Å². The van der Waals surface area contributed by atoms with Crippen LogP contribution in [-0.4, -0.2) is 23.5 Å². The van der Waals surface area contributed by atoms with Gasteiger partial charge < -0.3 is 9.47 Å². The molecule has 5 heteroatoms. The lowest BCUT2D eigenvalue weighted by atomic mass is 9.80. The number of esters is 2. The van der Waals surface area contributed by atoms with Crippen LogP contribution in [0.4, 0.5) is 0 Å². The van der Waals surface area contributed by atoms with Gasteiger partial charge in [0.2, 0.25) is 5.78 Å². The Morgan fingerprint density at radius 2 is 1.55 bits per heavy atom. The molecule has 0 fully saturated rings. The second kappa shape index (κ2) is 5.23. The van der Waals surface area contributed by atoms with E-state index in [1.807, 2.05) is 20.8 Å². The minimum atomic E-state index is -1.99. The zero-order valence-electron chi connectivity index (χ0n) is 12.7. The van der Waals surface area contributed by atoms with Crippen LogP contribution in [0.25, 0.3) is 0 Å². The summed E-state index contributed by atoms with van der Waals surface area (Å²) in [7, 11) is 0. The Bertz CT molecular complexity index is 501. The van der Waals surface area contributed by atoms with Crippen LogP contribution in [-0.2, 0) is 23.9 Å². The summed E-state index contributed by atoms with van der Waals surface area (Å²) in [5.74, 6) is -3.92. The van der Waals surface area contributed by atoms with Gasteiger partial charge in [0.25, 0.3) is 0 Å². The normalized spacial score (nSPS) is 18.0. The maximum absolute atomic E-state index is 12.3. The molecule has 0 aliphatic heterocycles. The van der Waals surface area contributed by atoms with Gasteiger partial charge in [0, 0.05) is 25.5 Å². The first kappa shape index (κ1) is 16.1. The summed E-state index contributed by atoms with van der Waals surface area (Å²) in [4.78, 5) is 34.9. The Morgan fingerprint density at radius 3 is 1.90 bits per heavy atom. The molecule has 1 aliphatic carbocycles. The zero-order valence-corrected chi connectivity index (χ0v) is 12.7. The van der Waals surface area contributed by atoms with Gasteiger partial charge in [-0.05, 0) is 17.9 Å². The average molecular weight is 280 g/mol. The SMILES string of the molecule is CC(=O)OC1(OC(C)=O)C=C(C(C)(C)C)C=C(C)C1=O. The maximum atomic E-state index is 12.3. The van der Waals surface area contributed by atoms with Crippen molar-refractivity contribution in [3.8, 4) is 0 Å². The highest BCUT2D eigenvalue weighted by molar-refractivity contribution is 6.05. The lowest BCUT2D eigenvalue weighted by Gasteiger charge is -2.34. The highest BCUT2D eigenvalue weighted by Crippen LogP contribution is 2.36. The standard InChI is InChI=1S/C15H20O5/c1-9-7-12(14(4,5)6)8-15(13(9)18,19-10(2)16)20-11(3)17/h7-8H,1-6H3. The zero-order chi connectivity index (χ0) is 15.7. The molecule has 0 aromatic rings. The molecule has 0 aromatic heterocycles. The molecule has 110 valence electrons. The van der Waals surface area contributed by atoms with Crippen molar-refractivity contribution < 1.29 is 23.9 Å². The highest BCUT2D eigenvalue weighted by Gasteiger charge is 2.47. The Morgan fingerprint density at radius 1 is 1.10 bits per heavy atom. The van der Waals surface area contributed by atoms with E-state index >= 15 is 0 Å². The topological polar surface area (TPSA) is 69.7 Å². The minimum Gasteiger partial charge on any atom is -0.411 e. The predicted octanol–water partition coefficient (Wildman–Crippen LogP) is 2.31. The van der Waals surface area contributed by atoms with Crippen LogP contribution >= 0.6 is 0 Å². The molecule has 0 saturated carbocycles. The Labute approximate surface area is 118 Å². The lowest BCUT2D eigenvalue weighted by Crippen LogP contribution is -2.47. The van der Waals surface area contributed by atoms with Crippen LogP contribution in [0.2, 0.25) is 0 Å². The average Bonchev–Trinajstić information content (AvgIpc) is 2.21. The number of ether oxygens (including phenoxy) is 2. The summed E-state index contributed by atoms with van der Waals surface area (Å²) in [5.41, 5.74) is 0.852. The van der Waals surface area contributed by atoms with Crippen LogP contribution in [0.1, 0.15) is 41.5 Å². The second-order valence-electron chi connectivity index (χ2n) is 5.86. The van der Waals surface area contributed by atoms with Gasteiger partial charge in [-0.15, -0.1) is 0 Å². The van der Waals surface area contributed by atoms with Crippen LogP contribution in [0.5, 0.6) is 0 Å². The van der Waals surface area contributed by atoms with Crippen molar-refractivity contribution >= 4 is 17.7 Å². The number of hydrogen-bond acceptors (Lipinski definition) is 5. The van der Waals surface area contributed by atoms with E-state index in [1.54, 1.807) is 13.0 Å². The summed E-state index contributed by atoms with van der Waals surface area (Å²) in [6.07, 6.45) is 3.12. The predicted molar refractivity (Wildman–Crippen MR) is 72.6 cm³/mol. The summed E-state index contributed by atoms with van der Waals surface area (Å²) >= 11 is 0. The molecule has 0 aromatic carbocycles. The molecule has 1 rings (SSSR count). The van der Waals surface area contributed by atoms with E-state index in [0.29, 0.717) is 5.57 Å². The van der Waals surface area contributed by atoms with Gasteiger partial charge in [-0.1, -0.05) is 26.8 Å². The van der Waals surface area contributed by atoms with E-state index in [2.05, 4.69) is 0 Å². The third-order valence-electron chi connectivity index (χ3n) is 2.85. The summed E-state index contributed by atoms with van der Waals surface area (Å²) in [6, 6.07) is 0. The summed E-state index contributed by atoms with van der Waals surface area (Å²) in [6.45, 7) is 9.77. The number of rotatable bonds is 2.